The first-order valence-corrected chi connectivity index (χ1v) is 6.37. The third-order valence-corrected chi connectivity index (χ3v) is 3.55. The van der Waals surface area contributed by atoms with Gasteiger partial charge in [-0.2, -0.15) is 0 Å². The number of imidazole rings is 1. The van der Waals surface area contributed by atoms with Gasteiger partial charge < -0.3 is 15.4 Å². The molecule has 0 aliphatic rings. The zero-order valence-corrected chi connectivity index (χ0v) is 11.4. The summed E-state index contributed by atoms with van der Waals surface area (Å²) in [7, 11) is 1.77. The van der Waals surface area contributed by atoms with Gasteiger partial charge in [0.05, 0.1) is 12.2 Å². The SMILES string of the molecule is Cn1cc(O)n(C(CCN)c2ccc(F)cc2)c1=S. The minimum Gasteiger partial charge on any atom is -0.493 e. The molecule has 3 N–H and O–H groups in total. The normalized spacial score (nSPS) is 12.6. The molecule has 19 heavy (non-hydrogen) atoms. The molecule has 2 aromatic rings. The molecule has 1 atom stereocenters. The first-order chi connectivity index (χ1) is 9.04. The maximum Gasteiger partial charge on any atom is 0.210 e. The predicted octanol–water partition coefficient (Wildman–Crippen LogP) is 2.34. The summed E-state index contributed by atoms with van der Waals surface area (Å²) in [6.45, 7) is 0.443. The van der Waals surface area contributed by atoms with E-state index in [4.69, 9.17) is 18.0 Å². The third-order valence-electron chi connectivity index (χ3n) is 3.07. The Morgan fingerprint density at radius 2 is 2.00 bits per heavy atom. The molecular formula is C13H16FN3OS. The lowest BCUT2D eigenvalue weighted by atomic mass is 10.0. The summed E-state index contributed by atoms with van der Waals surface area (Å²) in [6, 6.07) is 5.96. The number of rotatable bonds is 4. The van der Waals surface area contributed by atoms with Crippen LogP contribution in [-0.4, -0.2) is 20.8 Å². The topological polar surface area (TPSA) is 56.1 Å². The number of nitrogens with zero attached hydrogens (tertiary/aromatic N) is 2. The van der Waals surface area contributed by atoms with Gasteiger partial charge in [0.2, 0.25) is 5.88 Å². The average Bonchev–Trinajstić information content (AvgIpc) is 2.62. The molecule has 4 nitrogen and oxygen atoms in total. The van der Waals surface area contributed by atoms with Crippen LogP contribution >= 0.6 is 12.2 Å². The number of halogens is 1. The molecule has 6 heteroatoms. The largest absolute Gasteiger partial charge is 0.493 e. The summed E-state index contributed by atoms with van der Waals surface area (Å²) < 4.78 is 16.8. The monoisotopic (exact) mass is 281 g/mol. The fourth-order valence-electron chi connectivity index (χ4n) is 2.14. The Morgan fingerprint density at radius 3 is 2.47 bits per heavy atom. The minimum atomic E-state index is -0.295. The molecule has 0 saturated heterocycles. The highest BCUT2D eigenvalue weighted by molar-refractivity contribution is 7.71. The highest BCUT2D eigenvalue weighted by Gasteiger charge is 2.18. The molecular weight excluding hydrogens is 265 g/mol. The fourth-order valence-corrected chi connectivity index (χ4v) is 2.41. The van der Waals surface area contributed by atoms with Crippen LogP contribution in [0, 0.1) is 10.6 Å². The summed E-state index contributed by atoms with van der Waals surface area (Å²) in [5.41, 5.74) is 6.50. The van der Waals surface area contributed by atoms with Gasteiger partial charge in [0.25, 0.3) is 0 Å². The van der Waals surface area contributed by atoms with Crippen LogP contribution in [0.15, 0.2) is 30.5 Å². The van der Waals surface area contributed by atoms with E-state index in [1.54, 1.807) is 34.5 Å². The molecule has 0 fully saturated rings. The van der Waals surface area contributed by atoms with Crippen LogP contribution in [0.1, 0.15) is 18.0 Å². The predicted molar refractivity (Wildman–Crippen MR) is 74.1 cm³/mol. The van der Waals surface area contributed by atoms with E-state index in [0.29, 0.717) is 17.7 Å². The number of aromatic nitrogens is 2. The van der Waals surface area contributed by atoms with E-state index < -0.39 is 0 Å². The summed E-state index contributed by atoms with van der Waals surface area (Å²) in [6.07, 6.45) is 2.16. The Bertz CT molecular complexity index is 618. The Hall–Kier alpha value is -1.66. The van der Waals surface area contributed by atoms with Crippen molar-refractivity contribution in [3.8, 4) is 5.88 Å². The van der Waals surface area contributed by atoms with Gasteiger partial charge in [0, 0.05) is 7.05 Å². The molecule has 1 aromatic carbocycles. The number of aryl methyl sites for hydroxylation is 1. The van der Waals surface area contributed by atoms with Crippen molar-refractivity contribution in [3.05, 3.63) is 46.6 Å². The van der Waals surface area contributed by atoms with Crippen LogP contribution in [0.2, 0.25) is 0 Å². The smallest absolute Gasteiger partial charge is 0.210 e. The highest BCUT2D eigenvalue weighted by atomic mass is 32.1. The van der Waals surface area contributed by atoms with Crippen molar-refractivity contribution in [2.45, 2.75) is 12.5 Å². The molecule has 1 unspecified atom stereocenters. The lowest BCUT2D eigenvalue weighted by Crippen LogP contribution is -2.15. The maximum absolute atomic E-state index is 13.0. The molecule has 1 heterocycles. The zero-order valence-electron chi connectivity index (χ0n) is 10.6. The van der Waals surface area contributed by atoms with Gasteiger partial charge in [0.15, 0.2) is 4.77 Å². The van der Waals surface area contributed by atoms with Gasteiger partial charge >= 0.3 is 0 Å². The molecule has 0 saturated carbocycles. The first-order valence-electron chi connectivity index (χ1n) is 5.97. The second kappa shape index (κ2) is 5.54. The highest BCUT2D eigenvalue weighted by Crippen LogP contribution is 2.27. The Labute approximate surface area is 115 Å². The quantitative estimate of drug-likeness (QED) is 0.846. The molecule has 0 aliphatic heterocycles. The van der Waals surface area contributed by atoms with Crippen LogP contribution in [0.3, 0.4) is 0 Å². The van der Waals surface area contributed by atoms with Crippen molar-refractivity contribution >= 4 is 12.2 Å². The number of aromatic hydroxyl groups is 1. The van der Waals surface area contributed by atoms with Crippen molar-refractivity contribution in [2.75, 3.05) is 6.54 Å². The van der Waals surface area contributed by atoms with Crippen LogP contribution in [0.5, 0.6) is 5.88 Å². The van der Waals surface area contributed by atoms with Crippen molar-refractivity contribution in [2.24, 2.45) is 12.8 Å². The molecule has 0 bridgehead atoms. The van der Waals surface area contributed by atoms with Crippen molar-refractivity contribution < 1.29 is 9.50 Å². The lowest BCUT2D eigenvalue weighted by Gasteiger charge is -2.19. The second-order valence-electron chi connectivity index (χ2n) is 4.40. The number of nitrogens with two attached hydrogens (primary N) is 1. The van der Waals surface area contributed by atoms with E-state index in [1.807, 2.05) is 0 Å². The van der Waals surface area contributed by atoms with Gasteiger partial charge in [-0.3, -0.25) is 4.57 Å². The van der Waals surface area contributed by atoms with Crippen LogP contribution in [-0.2, 0) is 7.05 Å². The van der Waals surface area contributed by atoms with Gasteiger partial charge in [0.1, 0.15) is 5.82 Å². The Balaban J connectivity index is 2.51. The first kappa shape index (κ1) is 13.8. The number of hydrogen-bond donors (Lipinski definition) is 2. The van der Waals surface area contributed by atoms with Crippen LogP contribution in [0.4, 0.5) is 4.39 Å². The maximum atomic E-state index is 13.0. The van der Waals surface area contributed by atoms with E-state index in [9.17, 15) is 9.50 Å². The van der Waals surface area contributed by atoms with Crippen molar-refractivity contribution in [1.29, 1.82) is 0 Å². The van der Waals surface area contributed by atoms with E-state index in [-0.39, 0.29) is 17.7 Å². The van der Waals surface area contributed by atoms with Gasteiger partial charge in [-0.25, -0.2) is 4.39 Å². The van der Waals surface area contributed by atoms with E-state index in [2.05, 4.69) is 0 Å². The van der Waals surface area contributed by atoms with E-state index in [1.165, 1.54) is 12.1 Å². The third kappa shape index (κ3) is 2.69. The fraction of sp³-hybridized carbons (Fsp3) is 0.308. The standard InChI is InChI=1S/C13H16FN3OS/c1-16-8-12(18)17(13(16)19)11(6-7-15)9-2-4-10(14)5-3-9/h2-5,8,11,18H,6-7,15H2,1H3. The van der Waals surface area contributed by atoms with Crippen LogP contribution in [0.25, 0.3) is 0 Å². The molecule has 1 aromatic heterocycles. The molecule has 0 radical (unpaired) electrons. The second-order valence-corrected chi connectivity index (χ2v) is 4.76. The molecule has 102 valence electrons. The Morgan fingerprint density at radius 1 is 1.37 bits per heavy atom. The summed E-state index contributed by atoms with van der Waals surface area (Å²) >= 11 is 5.28. The van der Waals surface area contributed by atoms with Crippen LogP contribution < -0.4 is 5.73 Å². The summed E-state index contributed by atoms with van der Waals surface area (Å²) in [4.78, 5) is 0. The lowest BCUT2D eigenvalue weighted by molar-refractivity contribution is 0.391. The van der Waals surface area contributed by atoms with Crippen molar-refractivity contribution in [3.63, 3.8) is 0 Å². The molecule has 0 aliphatic carbocycles. The van der Waals surface area contributed by atoms with Gasteiger partial charge in [-0.1, -0.05) is 12.1 Å². The minimum absolute atomic E-state index is 0.0790. The summed E-state index contributed by atoms with van der Waals surface area (Å²) in [5.74, 6) is -0.216. The van der Waals surface area contributed by atoms with Gasteiger partial charge in [-0.05, 0) is 42.9 Å². The number of hydrogen-bond acceptors (Lipinski definition) is 3. The van der Waals surface area contributed by atoms with E-state index in [0.717, 1.165) is 5.56 Å². The molecule has 0 amide bonds. The van der Waals surface area contributed by atoms with Crippen molar-refractivity contribution in [1.82, 2.24) is 9.13 Å². The Kier molecular flexibility index (Phi) is 4.01. The molecule has 2 rings (SSSR count). The molecule has 0 spiro atoms. The zero-order chi connectivity index (χ0) is 14.0. The average molecular weight is 281 g/mol. The summed E-state index contributed by atoms with van der Waals surface area (Å²) in [5, 5.41) is 9.99. The number of benzene rings is 1. The van der Waals surface area contributed by atoms with Gasteiger partial charge in [-0.15, -0.1) is 0 Å². The van der Waals surface area contributed by atoms with E-state index >= 15 is 0 Å².